The van der Waals surface area contributed by atoms with Gasteiger partial charge >= 0.3 is 0 Å². The molecule has 4 aromatic rings. The van der Waals surface area contributed by atoms with Crippen LogP contribution in [-0.4, -0.2) is 30.4 Å². The molecule has 0 saturated heterocycles. The van der Waals surface area contributed by atoms with Gasteiger partial charge in [-0.15, -0.1) is 0 Å². The molecule has 7 nitrogen and oxygen atoms in total. The summed E-state index contributed by atoms with van der Waals surface area (Å²) in [5.41, 5.74) is 9.37. The quantitative estimate of drug-likeness (QED) is 0.390. The molecule has 3 N–H and O–H groups in total. The van der Waals surface area contributed by atoms with Crippen molar-refractivity contribution in [3.8, 4) is 0 Å². The molecule has 1 atom stereocenters. The van der Waals surface area contributed by atoms with Crippen LogP contribution in [0.1, 0.15) is 22.6 Å². The molecular formula is C26H25N3O4S. The fourth-order valence-corrected chi connectivity index (χ4v) is 4.33. The lowest BCUT2D eigenvalue weighted by molar-refractivity contribution is -0.120. The molecule has 8 heteroatoms. The molecule has 1 heterocycles. The maximum absolute atomic E-state index is 13.8. The number of carbonyl (C=O) groups is 1. The molecule has 0 fully saturated rings. The van der Waals surface area contributed by atoms with Crippen LogP contribution >= 0.6 is 0 Å². The van der Waals surface area contributed by atoms with E-state index in [0.717, 1.165) is 21.9 Å². The summed E-state index contributed by atoms with van der Waals surface area (Å²) < 4.78 is 32.1. The first kappa shape index (κ1) is 23.6. The lowest BCUT2D eigenvalue weighted by Crippen LogP contribution is -2.37. The Hall–Kier alpha value is -3.59. The van der Waals surface area contributed by atoms with Crippen LogP contribution in [-0.2, 0) is 21.5 Å². The third kappa shape index (κ3) is 5.14. The van der Waals surface area contributed by atoms with Gasteiger partial charge in [0.05, 0.1) is 17.4 Å². The molecular weight excluding hydrogens is 450 g/mol. The second-order valence-electron chi connectivity index (χ2n) is 8.15. The Morgan fingerprint density at radius 1 is 1.00 bits per heavy atom. The van der Waals surface area contributed by atoms with E-state index in [1.54, 1.807) is 29.4 Å². The number of aryl methyl sites for hydroxylation is 1. The minimum atomic E-state index is -4.30. The molecule has 4 rings (SSSR count). The van der Waals surface area contributed by atoms with E-state index in [4.69, 9.17) is 5.73 Å². The van der Waals surface area contributed by atoms with Crippen molar-refractivity contribution in [2.45, 2.75) is 24.3 Å². The fourth-order valence-electron chi connectivity index (χ4n) is 3.85. The first-order valence-electron chi connectivity index (χ1n) is 10.7. The topological polar surface area (TPSA) is 114 Å². The molecule has 0 radical (unpaired) electrons. The average molecular weight is 476 g/mol. The number of nitrogens with two attached hydrogens (primary N) is 1. The number of amides is 1. The summed E-state index contributed by atoms with van der Waals surface area (Å²) in [6, 6.07) is 21.1. The van der Waals surface area contributed by atoms with Crippen molar-refractivity contribution >= 4 is 32.5 Å². The molecule has 0 unspecified atom stereocenters. The molecule has 0 aliphatic heterocycles. The number of carbonyl (C=O) groups excluding carboxylic acids is 1. The molecule has 0 bridgehead atoms. The number of anilines is 1. The summed E-state index contributed by atoms with van der Waals surface area (Å²) in [6.07, 6.45) is 3.45. The number of nitrogens with zero attached hydrogens (tertiary/aromatic N) is 2. The van der Waals surface area contributed by atoms with Gasteiger partial charge in [0, 0.05) is 30.0 Å². The molecule has 1 amide bonds. The van der Waals surface area contributed by atoms with E-state index in [2.05, 4.69) is 4.98 Å². The Morgan fingerprint density at radius 3 is 2.35 bits per heavy atom. The number of hydrogen-bond donors (Lipinski definition) is 2. The van der Waals surface area contributed by atoms with Gasteiger partial charge in [-0.2, -0.15) is 8.42 Å². The van der Waals surface area contributed by atoms with E-state index in [0.29, 0.717) is 11.3 Å². The fraction of sp³-hybridized carbons (Fsp3) is 0.154. The SMILES string of the molecule is Cc1ccc([C@@H](CN)C(=O)N(Cc2ccc(S(=O)(=O)O)cc2)c2ccc3cnccc3c2)cc1. The smallest absolute Gasteiger partial charge is 0.294 e. The van der Waals surface area contributed by atoms with Gasteiger partial charge in [-0.3, -0.25) is 14.3 Å². The highest BCUT2D eigenvalue weighted by Gasteiger charge is 2.26. The number of benzene rings is 3. The van der Waals surface area contributed by atoms with Crippen LogP contribution in [0.25, 0.3) is 10.8 Å². The largest absolute Gasteiger partial charge is 0.329 e. The Labute approximate surface area is 198 Å². The minimum Gasteiger partial charge on any atom is -0.329 e. The van der Waals surface area contributed by atoms with Crippen molar-refractivity contribution < 1.29 is 17.8 Å². The first-order valence-corrected chi connectivity index (χ1v) is 12.2. The van der Waals surface area contributed by atoms with Crippen molar-refractivity contribution in [3.05, 3.63) is 102 Å². The standard InChI is InChI=1S/C26H25N3O4S/c1-18-2-6-20(7-3-18)25(15-27)26(30)29(17-19-4-10-24(11-5-19)34(31,32)33)23-9-8-22-16-28-13-12-21(22)14-23/h2-14,16,25H,15,17,27H2,1H3,(H,31,32,33)/t25-/m1/s1. The van der Waals surface area contributed by atoms with Gasteiger partial charge in [-0.05, 0) is 53.8 Å². The van der Waals surface area contributed by atoms with E-state index in [9.17, 15) is 17.8 Å². The zero-order valence-electron chi connectivity index (χ0n) is 18.6. The van der Waals surface area contributed by atoms with Gasteiger partial charge < -0.3 is 10.6 Å². The Kier molecular flexibility index (Phi) is 6.74. The monoisotopic (exact) mass is 475 g/mol. The van der Waals surface area contributed by atoms with E-state index in [1.165, 1.54) is 12.1 Å². The predicted octanol–water partition coefficient (Wildman–Crippen LogP) is 4.07. The molecule has 0 spiro atoms. The van der Waals surface area contributed by atoms with Crippen LogP contribution in [0.15, 0.2) is 90.1 Å². The highest BCUT2D eigenvalue weighted by molar-refractivity contribution is 7.85. The number of rotatable bonds is 7. The second-order valence-corrected chi connectivity index (χ2v) is 9.57. The van der Waals surface area contributed by atoms with Crippen molar-refractivity contribution in [3.63, 3.8) is 0 Å². The highest BCUT2D eigenvalue weighted by atomic mass is 32.2. The van der Waals surface area contributed by atoms with Gasteiger partial charge in [0.2, 0.25) is 5.91 Å². The minimum absolute atomic E-state index is 0.136. The maximum Gasteiger partial charge on any atom is 0.294 e. The van der Waals surface area contributed by atoms with Crippen LogP contribution in [0.2, 0.25) is 0 Å². The molecule has 0 aliphatic carbocycles. The second kappa shape index (κ2) is 9.72. The van der Waals surface area contributed by atoms with Crippen LogP contribution < -0.4 is 10.6 Å². The van der Waals surface area contributed by atoms with Crippen molar-refractivity contribution in [1.82, 2.24) is 4.98 Å². The Morgan fingerprint density at radius 2 is 1.71 bits per heavy atom. The van der Waals surface area contributed by atoms with Crippen molar-refractivity contribution in [1.29, 1.82) is 0 Å². The summed E-state index contributed by atoms with van der Waals surface area (Å²) in [5.74, 6) is -0.718. The molecule has 0 saturated carbocycles. The van der Waals surface area contributed by atoms with Crippen molar-refractivity contribution in [2.75, 3.05) is 11.4 Å². The van der Waals surface area contributed by atoms with Gasteiger partial charge in [0.1, 0.15) is 0 Å². The van der Waals surface area contributed by atoms with Crippen LogP contribution in [0.3, 0.4) is 0 Å². The van der Waals surface area contributed by atoms with Gasteiger partial charge in [-0.25, -0.2) is 0 Å². The lowest BCUT2D eigenvalue weighted by atomic mass is 9.96. The number of fused-ring (bicyclic) bond motifs is 1. The lowest BCUT2D eigenvalue weighted by Gasteiger charge is -2.28. The summed E-state index contributed by atoms with van der Waals surface area (Å²) in [4.78, 5) is 19.4. The number of pyridine rings is 1. The maximum atomic E-state index is 13.8. The number of aromatic nitrogens is 1. The summed E-state index contributed by atoms with van der Waals surface area (Å²) in [6.45, 7) is 2.32. The third-order valence-corrected chi connectivity index (χ3v) is 6.65. The summed E-state index contributed by atoms with van der Waals surface area (Å²) in [5, 5.41) is 1.89. The molecule has 174 valence electrons. The van der Waals surface area contributed by atoms with Gasteiger partial charge in [0.25, 0.3) is 10.1 Å². The molecule has 0 aliphatic rings. The van der Waals surface area contributed by atoms with Gasteiger partial charge in [0.15, 0.2) is 0 Å². The van der Waals surface area contributed by atoms with E-state index in [1.807, 2.05) is 55.5 Å². The predicted molar refractivity (Wildman–Crippen MR) is 132 cm³/mol. The van der Waals surface area contributed by atoms with E-state index >= 15 is 0 Å². The van der Waals surface area contributed by atoms with E-state index in [-0.39, 0.29) is 23.9 Å². The van der Waals surface area contributed by atoms with E-state index < -0.39 is 16.0 Å². The summed E-state index contributed by atoms with van der Waals surface area (Å²) >= 11 is 0. The zero-order chi connectivity index (χ0) is 24.3. The average Bonchev–Trinajstić information content (AvgIpc) is 2.83. The normalized spacial score (nSPS) is 12.4. The van der Waals surface area contributed by atoms with Gasteiger partial charge in [-0.1, -0.05) is 48.0 Å². The van der Waals surface area contributed by atoms with Crippen LogP contribution in [0.5, 0.6) is 0 Å². The van der Waals surface area contributed by atoms with Crippen LogP contribution in [0.4, 0.5) is 5.69 Å². The molecule has 3 aromatic carbocycles. The third-order valence-electron chi connectivity index (χ3n) is 5.78. The zero-order valence-corrected chi connectivity index (χ0v) is 19.4. The Bertz CT molecular complexity index is 1420. The molecule has 34 heavy (non-hydrogen) atoms. The highest BCUT2D eigenvalue weighted by Crippen LogP contribution is 2.28. The Balaban J connectivity index is 1.74. The molecule has 1 aromatic heterocycles. The van der Waals surface area contributed by atoms with Crippen LogP contribution in [0, 0.1) is 6.92 Å². The first-order chi connectivity index (χ1) is 16.3. The van der Waals surface area contributed by atoms with Crippen molar-refractivity contribution in [2.24, 2.45) is 5.73 Å². The summed E-state index contributed by atoms with van der Waals surface area (Å²) in [7, 11) is -4.30. The number of hydrogen-bond acceptors (Lipinski definition) is 5.